The Morgan fingerprint density at radius 2 is 2.22 bits per heavy atom. The molecule has 0 spiro atoms. The number of amides is 1. The largest absolute Gasteiger partial charge is 0.466 e. The summed E-state index contributed by atoms with van der Waals surface area (Å²) in [4.78, 5) is 12.0. The molecule has 2 rings (SSSR count). The van der Waals surface area contributed by atoms with Crippen LogP contribution in [0.1, 0.15) is 34.7 Å². The topological polar surface area (TPSA) is 82.7 Å². The molecule has 0 aliphatic heterocycles. The number of nitrogens with one attached hydrogen (secondary N) is 1. The molecule has 0 bridgehead atoms. The van der Waals surface area contributed by atoms with Crippen molar-refractivity contribution < 1.29 is 19.4 Å². The molecule has 1 aromatic rings. The van der Waals surface area contributed by atoms with Crippen LogP contribution in [0.15, 0.2) is 10.5 Å². The zero-order chi connectivity index (χ0) is 13.3. The SMILES string of the molecule is Cc1cc(C(=O)N[C@H]2C[C@H](CO)[C@H](O)C2)c(C)o1. The first kappa shape index (κ1) is 13.1. The molecule has 1 aromatic heterocycles. The molecule has 3 N–H and O–H groups in total. The van der Waals surface area contributed by atoms with E-state index in [1.807, 2.05) is 0 Å². The number of carbonyl (C=O) groups is 1. The quantitative estimate of drug-likeness (QED) is 0.742. The van der Waals surface area contributed by atoms with Crippen molar-refractivity contribution in [3.63, 3.8) is 0 Å². The number of aliphatic hydroxyl groups excluding tert-OH is 2. The zero-order valence-corrected chi connectivity index (χ0v) is 10.6. The molecule has 1 fully saturated rings. The number of aliphatic hydroxyl groups is 2. The van der Waals surface area contributed by atoms with Crippen molar-refractivity contribution >= 4 is 5.91 Å². The third-order valence-electron chi connectivity index (χ3n) is 3.51. The molecule has 0 aromatic carbocycles. The minimum atomic E-state index is -0.535. The lowest BCUT2D eigenvalue weighted by Crippen LogP contribution is -2.33. The third-order valence-corrected chi connectivity index (χ3v) is 3.51. The molecule has 1 saturated carbocycles. The molecule has 18 heavy (non-hydrogen) atoms. The second-order valence-electron chi connectivity index (χ2n) is 4.98. The van der Waals surface area contributed by atoms with Crippen molar-refractivity contribution in [3.8, 4) is 0 Å². The van der Waals surface area contributed by atoms with Gasteiger partial charge in [-0.25, -0.2) is 0 Å². The number of furan rings is 1. The van der Waals surface area contributed by atoms with Crippen LogP contribution < -0.4 is 5.32 Å². The lowest BCUT2D eigenvalue weighted by molar-refractivity contribution is 0.0903. The molecule has 1 amide bonds. The average Bonchev–Trinajstić information content (AvgIpc) is 2.81. The molecule has 100 valence electrons. The van der Waals surface area contributed by atoms with Gasteiger partial charge in [-0.05, 0) is 32.8 Å². The van der Waals surface area contributed by atoms with Crippen LogP contribution in [0, 0.1) is 19.8 Å². The van der Waals surface area contributed by atoms with E-state index < -0.39 is 6.10 Å². The fourth-order valence-corrected chi connectivity index (χ4v) is 2.54. The number of aryl methyl sites for hydroxylation is 2. The van der Waals surface area contributed by atoms with E-state index in [0.717, 1.165) is 0 Å². The summed E-state index contributed by atoms with van der Waals surface area (Å²) in [5.41, 5.74) is 0.537. The lowest BCUT2D eigenvalue weighted by atomic mass is 10.1. The Hall–Kier alpha value is -1.33. The Morgan fingerprint density at radius 1 is 1.50 bits per heavy atom. The number of rotatable bonds is 3. The molecule has 0 saturated heterocycles. The van der Waals surface area contributed by atoms with Crippen molar-refractivity contribution in [1.82, 2.24) is 5.32 Å². The maximum absolute atomic E-state index is 12.0. The monoisotopic (exact) mass is 253 g/mol. The van der Waals surface area contributed by atoms with Crippen molar-refractivity contribution in [1.29, 1.82) is 0 Å². The second kappa shape index (κ2) is 5.12. The van der Waals surface area contributed by atoms with Crippen LogP contribution in [0.25, 0.3) is 0 Å². The first-order chi connectivity index (χ1) is 8.51. The molecule has 5 nitrogen and oxygen atoms in total. The van der Waals surface area contributed by atoms with Gasteiger partial charge in [0.1, 0.15) is 11.5 Å². The van der Waals surface area contributed by atoms with Crippen molar-refractivity contribution in [2.75, 3.05) is 6.61 Å². The molecule has 1 heterocycles. The van der Waals surface area contributed by atoms with E-state index in [2.05, 4.69) is 5.32 Å². The van der Waals surface area contributed by atoms with Crippen LogP contribution in [0.2, 0.25) is 0 Å². The van der Waals surface area contributed by atoms with Gasteiger partial charge in [-0.3, -0.25) is 4.79 Å². The van der Waals surface area contributed by atoms with E-state index in [1.54, 1.807) is 19.9 Å². The smallest absolute Gasteiger partial charge is 0.255 e. The minimum absolute atomic E-state index is 0.0443. The van der Waals surface area contributed by atoms with E-state index in [-0.39, 0.29) is 24.5 Å². The van der Waals surface area contributed by atoms with E-state index in [1.165, 1.54) is 0 Å². The average molecular weight is 253 g/mol. The van der Waals surface area contributed by atoms with Gasteiger partial charge in [-0.2, -0.15) is 0 Å². The van der Waals surface area contributed by atoms with Gasteiger partial charge in [0.05, 0.1) is 11.7 Å². The predicted octanol–water partition coefficient (Wildman–Crippen LogP) is 0.758. The maximum Gasteiger partial charge on any atom is 0.255 e. The van der Waals surface area contributed by atoms with Crippen LogP contribution >= 0.6 is 0 Å². The van der Waals surface area contributed by atoms with Gasteiger partial charge in [0.15, 0.2) is 0 Å². The second-order valence-corrected chi connectivity index (χ2v) is 4.98. The highest BCUT2D eigenvalue weighted by molar-refractivity contribution is 5.95. The Bertz CT molecular complexity index is 440. The Morgan fingerprint density at radius 3 is 2.72 bits per heavy atom. The Balaban J connectivity index is 1.99. The van der Waals surface area contributed by atoms with Crippen molar-refractivity contribution in [2.45, 2.75) is 38.8 Å². The number of hydrogen-bond donors (Lipinski definition) is 3. The third kappa shape index (κ3) is 2.57. The molecule has 5 heteroatoms. The molecule has 0 unspecified atom stereocenters. The van der Waals surface area contributed by atoms with Gasteiger partial charge in [0.25, 0.3) is 5.91 Å². The zero-order valence-electron chi connectivity index (χ0n) is 10.6. The molecular formula is C13H19NO4. The standard InChI is InChI=1S/C13H19NO4/c1-7-3-11(8(2)18-7)13(17)14-10-4-9(6-15)12(16)5-10/h3,9-10,12,15-16H,4-6H2,1-2H3,(H,14,17)/t9-,10+,12-/m1/s1. The van der Waals surface area contributed by atoms with E-state index in [0.29, 0.717) is 29.9 Å². The van der Waals surface area contributed by atoms with Crippen LogP contribution in [-0.4, -0.2) is 34.9 Å². The summed E-state index contributed by atoms with van der Waals surface area (Å²) in [5.74, 6) is 0.988. The van der Waals surface area contributed by atoms with Crippen LogP contribution in [0.3, 0.4) is 0 Å². The lowest BCUT2D eigenvalue weighted by Gasteiger charge is -2.11. The first-order valence-corrected chi connectivity index (χ1v) is 6.18. The van der Waals surface area contributed by atoms with Gasteiger partial charge >= 0.3 is 0 Å². The summed E-state index contributed by atoms with van der Waals surface area (Å²) in [5, 5.41) is 21.6. The highest BCUT2D eigenvalue weighted by atomic mass is 16.3. The molecule has 1 aliphatic rings. The van der Waals surface area contributed by atoms with Gasteiger partial charge < -0.3 is 19.9 Å². The summed E-state index contributed by atoms with van der Waals surface area (Å²) < 4.78 is 5.31. The summed E-state index contributed by atoms with van der Waals surface area (Å²) in [6.07, 6.45) is 0.569. The van der Waals surface area contributed by atoms with Gasteiger partial charge in [0.2, 0.25) is 0 Å². The molecular weight excluding hydrogens is 234 g/mol. The van der Waals surface area contributed by atoms with Crippen LogP contribution in [0.4, 0.5) is 0 Å². The molecule has 1 aliphatic carbocycles. The Kier molecular flexibility index (Phi) is 3.73. The van der Waals surface area contributed by atoms with Crippen LogP contribution in [-0.2, 0) is 0 Å². The normalized spacial score (nSPS) is 27.4. The van der Waals surface area contributed by atoms with E-state index in [9.17, 15) is 9.90 Å². The number of carbonyl (C=O) groups excluding carboxylic acids is 1. The number of hydrogen-bond acceptors (Lipinski definition) is 4. The minimum Gasteiger partial charge on any atom is -0.466 e. The van der Waals surface area contributed by atoms with Crippen molar-refractivity contribution in [3.05, 3.63) is 23.2 Å². The summed E-state index contributed by atoms with van der Waals surface area (Å²) in [6, 6.07) is 1.62. The van der Waals surface area contributed by atoms with E-state index in [4.69, 9.17) is 9.52 Å². The van der Waals surface area contributed by atoms with Crippen LogP contribution in [0.5, 0.6) is 0 Å². The van der Waals surface area contributed by atoms with Crippen molar-refractivity contribution in [2.24, 2.45) is 5.92 Å². The predicted molar refractivity (Wildman–Crippen MR) is 65.3 cm³/mol. The maximum atomic E-state index is 12.0. The van der Waals surface area contributed by atoms with Gasteiger partial charge in [0, 0.05) is 18.6 Å². The Labute approximate surface area is 106 Å². The van der Waals surface area contributed by atoms with E-state index >= 15 is 0 Å². The first-order valence-electron chi connectivity index (χ1n) is 6.18. The fourth-order valence-electron chi connectivity index (χ4n) is 2.54. The highest BCUT2D eigenvalue weighted by Gasteiger charge is 2.33. The molecule has 3 atom stereocenters. The summed E-state index contributed by atoms with van der Waals surface area (Å²) in [7, 11) is 0. The summed E-state index contributed by atoms with van der Waals surface area (Å²) >= 11 is 0. The fraction of sp³-hybridized carbons (Fsp3) is 0.615. The highest BCUT2D eigenvalue weighted by Crippen LogP contribution is 2.26. The molecule has 0 radical (unpaired) electrons. The van der Waals surface area contributed by atoms with Gasteiger partial charge in [-0.15, -0.1) is 0 Å². The van der Waals surface area contributed by atoms with Gasteiger partial charge in [-0.1, -0.05) is 0 Å². The summed E-state index contributed by atoms with van der Waals surface area (Å²) in [6.45, 7) is 3.50.